The molecule has 2 aliphatic heterocycles. The second-order valence-electron chi connectivity index (χ2n) is 18.5. The highest BCUT2D eigenvalue weighted by Gasteiger charge is 2.48. The SMILES string of the molecule is Cc1ncsc1-c1ccc(CNC(=O)[C@@H]2C[C@@H](O)CN2C(=O)[C@@H](NCCCCC(=O)Nc2ccc(CN3CC(C)(C)C(Oc4ccc(C#N)c(C(F)(F)F)c4)C3=O)cc2)C(C)(C)C)cc1. The number of carbonyl (C=O) groups is 4. The number of β-amino-alcohol motifs (C(OH)–C–C–N with tert-alkyl or cyclic N) is 1. The van der Waals surface area contributed by atoms with Gasteiger partial charge in [0.1, 0.15) is 11.8 Å². The molecule has 4 aromatic rings. The number of carbonyl (C=O) groups excluding carboxylic acids is 4. The van der Waals surface area contributed by atoms with Crippen LogP contribution in [0.3, 0.4) is 0 Å². The first-order valence-corrected chi connectivity index (χ1v) is 22.5. The summed E-state index contributed by atoms with van der Waals surface area (Å²) in [5.74, 6) is -1.32. The summed E-state index contributed by atoms with van der Waals surface area (Å²) in [6.07, 6.45) is -5.13. The number of rotatable bonds is 16. The van der Waals surface area contributed by atoms with Gasteiger partial charge >= 0.3 is 6.18 Å². The number of likely N-dealkylation sites (tertiary alicyclic amines) is 2. The number of ether oxygens (including phenoxy) is 1. The number of alkyl halides is 3. The maximum Gasteiger partial charge on any atom is 0.417 e. The minimum atomic E-state index is -4.76. The van der Waals surface area contributed by atoms with Crippen molar-refractivity contribution < 1.29 is 42.2 Å². The Labute approximate surface area is 381 Å². The number of hydrogen-bond donors (Lipinski definition) is 4. The molecule has 1 aromatic heterocycles. The zero-order chi connectivity index (χ0) is 47.3. The van der Waals surface area contributed by atoms with Gasteiger partial charge in [-0.15, -0.1) is 11.3 Å². The van der Waals surface area contributed by atoms with Gasteiger partial charge in [-0.05, 0) is 78.7 Å². The molecule has 0 saturated carbocycles. The Morgan fingerprint density at radius 2 is 1.72 bits per heavy atom. The average Bonchev–Trinajstić information content (AvgIpc) is 3.92. The van der Waals surface area contributed by atoms with E-state index >= 15 is 0 Å². The minimum absolute atomic E-state index is 0.0534. The van der Waals surface area contributed by atoms with Crippen LogP contribution in [-0.4, -0.2) is 87.4 Å². The number of amides is 4. The largest absolute Gasteiger partial charge is 0.480 e. The summed E-state index contributed by atoms with van der Waals surface area (Å²) in [5.41, 5.74) is 3.16. The molecule has 65 heavy (non-hydrogen) atoms. The van der Waals surface area contributed by atoms with Gasteiger partial charge in [-0.2, -0.15) is 18.4 Å². The van der Waals surface area contributed by atoms with E-state index in [4.69, 9.17) is 10.00 Å². The van der Waals surface area contributed by atoms with Gasteiger partial charge in [0.25, 0.3) is 5.91 Å². The van der Waals surface area contributed by atoms with E-state index < -0.39 is 52.4 Å². The fourth-order valence-electron chi connectivity index (χ4n) is 8.25. The number of aliphatic hydroxyl groups is 1. The van der Waals surface area contributed by atoms with Gasteiger partial charge in [-0.25, -0.2) is 4.98 Å². The Morgan fingerprint density at radius 1 is 1.03 bits per heavy atom. The van der Waals surface area contributed by atoms with E-state index in [1.807, 2.05) is 57.5 Å². The molecule has 17 heteroatoms. The van der Waals surface area contributed by atoms with E-state index in [9.17, 15) is 37.5 Å². The number of anilines is 1. The highest BCUT2D eigenvalue weighted by molar-refractivity contribution is 7.13. The van der Waals surface area contributed by atoms with Crippen LogP contribution >= 0.6 is 11.3 Å². The molecule has 2 aliphatic rings. The number of unbranched alkanes of at least 4 members (excludes halogenated alkanes) is 1. The number of benzene rings is 3. The van der Waals surface area contributed by atoms with Crippen LogP contribution in [0.15, 0.2) is 72.2 Å². The number of nitrogens with zero attached hydrogens (tertiary/aromatic N) is 4. The van der Waals surface area contributed by atoms with Gasteiger partial charge in [0, 0.05) is 50.1 Å². The van der Waals surface area contributed by atoms with Gasteiger partial charge in [0.15, 0.2) is 6.10 Å². The number of thiazole rings is 1. The molecule has 2 fully saturated rings. The molecular formula is C48H56F3N7O6S. The summed E-state index contributed by atoms with van der Waals surface area (Å²) in [6.45, 7) is 12.7. The van der Waals surface area contributed by atoms with E-state index in [-0.39, 0.29) is 61.9 Å². The van der Waals surface area contributed by atoms with Crippen LogP contribution in [0, 0.1) is 29.1 Å². The standard InChI is InChI=1S/C48H56F3N7O6S/c1-29-40(65-28-55-29)32-14-10-30(11-15-32)24-54-43(61)38-21-35(59)26-58(38)44(62)41(46(2,3)4)53-20-8-7-9-39(60)56-34-17-12-31(13-18-34)25-57-27-47(5,6)42(45(57)63)64-36-19-16-33(23-52)37(22-36)48(49,50)51/h10-19,22,28,35,38,41-42,53,59H,7-9,20-21,24-27H2,1-6H3,(H,54,61)(H,56,60)/t35-,38+,41-,42?/m1/s1. The number of nitrogens with one attached hydrogen (secondary N) is 3. The van der Waals surface area contributed by atoms with Crippen molar-refractivity contribution in [2.24, 2.45) is 10.8 Å². The van der Waals surface area contributed by atoms with Crippen molar-refractivity contribution in [3.05, 3.63) is 100 Å². The highest BCUT2D eigenvalue weighted by atomic mass is 32.1. The van der Waals surface area contributed by atoms with Gasteiger partial charge in [-0.1, -0.05) is 71.0 Å². The zero-order valence-electron chi connectivity index (χ0n) is 37.4. The predicted octanol–water partition coefficient (Wildman–Crippen LogP) is 7.22. The Hall–Kier alpha value is -5.83. The van der Waals surface area contributed by atoms with Crippen molar-refractivity contribution in [1.82, 2.24) is 25.4 Å². The van der Waals surface area contributed by atoms with Crippen molar-refractivity contribution >= 4 is 40.7 Å². The summed E-state index contributed by atoms with van der Waals surface area (Å²) in [5, 5.41) is 28.9. The summed E-state index contributed by atoms with van der Waals surface area (Å²) >= 11 is 1.57. The molecule has 0 bridgehead atoms. The number of nitriles is 1. The summed E-state index contributed by atoms with van der Waals surface area (Å²) in [4.78, 5) is 62.2. The first kappa shape index (κ1) is 48.6. The monoisotopic (exact) mass is 915 g/mol. The molecule has 13 nitrogen and oxygen atoms in total. The third-order valence-corrected chi connectivity index (χ3v) is 12.7. The first-order valence-electron chi connectivity index (χ1n) is 21.6. The lowest BCUT2D eigenvalue weighted by atomic mass is 9.85. The van der Waals surface area contributed by atoms with E-state index in [2.05, 4.69) is 20.9 Å². The van der Waals surface area contributed by atoms with Gasteiger partial charge in [0.05, 0.1) is 45.4 Å². The van der Waals surface area contributed by atoms with Crippen molar-refractivity contribution in [3.63, 3.8) is 0 Å². The number of aryl methyl sites for hydroxylation is 1. The molecule has 3 heterocycles. The van der Waals surface area contributed by atoms with E-state index in [0.29, 0.717) is 31.6 Å². The molecule has 6 rings (SSSR count). The molecule has 0 aliphatic carbocycles. The molecule has 0 radical (unpaired) electrons. The Kier molecular flexibility index (Phi) is 15.1. The van der Waals surface area contributed by atoms with Crippen LogP contribution < -0.4 is 20.7 Å². The summed E-state index contributed by atoms with van der Waals surface area (Å²) in [7, 11) is 0. The Bertz CT molecular complexity index is 2390. The second kappa shape index (κ2) is 20.1. The molecule has 346 valence electrons. The van der Waals surface area contributed by atoms with Crippen LogP contribution in [0.4, 0.5) is 18.9 Å². The number of halogens is 3. The fraction of sp³-hybridized carbons (Fsp3) is 0.458. The molecule has 4 N–H and O–H groups in total. The first-order chi connectivity index (χ1) is 30.6. The average molecular weight is 916 g/mol. The summed E-state index contributed by atoms with van der Waals surface area (Å²) < 4.78 is 46.5. The lowest BCUT2D eigenvalue weighted by molar-refractivity contribution is -0.142. The van der Waals surface area contributed by atoms with E-state index in [1.165, 1.54) is 17.0 Å². The zero-order valence-corrected chi connectivity index (χ0v) is 38.2. The van der Waals surface area contributed by atoms with E-state index in [1.54, 1.807) is 54.3 Å². The van der Waals surface area contributed by atoms with Crippen molar-refractivity contribution in [2.45, 2.75) is 111 Å². The topological polar surface area (TPSA) is 177 Å². The van der Waals surface area contributed by atoms with Gasteiger partial charge in [-0.3, -0.25) is 19.2 Å². The fourth-order valence-corrected chi connectivity index (χ4v) is 9.06. The summed E-state index contributed by atoms with van der Waals surface area (Å²) in [6, 6.07) is 18.0. The van der Waals surface area contributed by atoms with Crippen molar-refractivity contribution in [3.8, 4) is 22.3 Å². The predicted molar refractivity (Wildman–Crippen MR) is 240 cm³/mol. The molecule has 0 spiro atoms. The quantitative estimate of drug-likeness (QED) is 0.0846. The molecule has 1 unspecified atom stereocenters. The van der Waals surface area contributed by atoms with E-state index in [0.717, 1.165) is 39.4 Å². The lowest BCUT2D eigenvalue weighted by Gasteiger charge is -2.35. The normalized spacial score (nSPS) is 18.9. The molecule has 4 amide bonds. The van der Waals surface area contributed by atoms with Crippen LogP contribution in [-0.2, 0) is 38.4 Å². The molecule has 3 aromatic carbocycles. The number of aliphatic hydroxyl groups excluding tert-OH is 1. The van der Waals surface area contributed by atoms with Crippen LogP contribution in [0.25, 0.3) is 10.4 Å². The minimum Gasteiger partial charge on any atom is -0.480 e. The van der Waals surface area contributed by atoms with Crippen LogP contribution in [0.2, 0.25) is 0 Å². The molecule has 2 saturated heterocycles. The Balaban J connectivity index is 0.942. The van der Waals surface area contributed by atoms with Crippen molar-refractivity contribution in [2.75, 3.05) is 25.0 Å². The molecule has 4 atom stereocenters. The van der Waals surface area contributed by atoms with Crippen molar-refractivity contribution in [1.29, 1.82) is 5.26 Å². The lowest BCUT2D eigenvalue weighted by Crippen LogP contribution is -2.56. The maximum absolute atomic E-state index is 14.0. The Morgan fingerprint density at radius 3 is 2.35 bits per heavy atom. The highest BCUT2D eigenvalue weighted by Crippen LogP contribution is 2.38. The van der Waals surface area contributed by atoms with Crippen LogP contribution in [0.5, 0.6) is 5.75 Å². The number of aromatic nitrogens is 1. The van der Waals surface area contributed by atoms with Gasteiger partial charge < -0.3 is 35.6 Å². The number of hydrogen-bond acceptors (Lipinski definition) is 10. The maximum atomic E-state index is 14.0. The second-order valence-corrected chi connectivity index (χ2v) is 19.4. The van der Waals surface area contributed by atoms with Crippen LogP contribution in [0.1, 0.15) is 88.2 Å². The molecular weight excluding hydrogens is 860 g/mol. The van der Waals surface area contributed by atoms with Gasteiger partial charge in [0.2, 0.25) is 17.7 Å². The third kappa shape index (κ3) is 12.1. The third-order valence-electron chi connectivity index (χ3n) is 11.7. The smallest absolute Gasteiger partial charge is 0.417 e.